The maximum Gasteiger partial charge on any atom is 0.335 e. The fourth-order valence-electron chi connectivity index (χ4n) is 3.81. The van der Waals surface area contributed by atoms with Gasteiger partial charge < -0.3 is 19.6 Å². The molecule has 1 amide bonds. The minimum atomic E-state index is -0.920. The van der Waals surface area contributed by atoms with Gasteiger partial charge in [0.2, 0.25) is 0 Å². The number of aromatic nitrogens is 3. The number of piperidine rings is 1. The van der Waals surface area contributed by atoms with Crippen molar-refractivity contribution in [2.75, 3.05) is 13.1 Å². The van der Waals surface area contributed by atoms with Crippen molar-refractivity contribution in [3.63, 3.8) is 0 Å². The Morgan fingerprint density at radius 3 is 2.74 bits per heavy atom. The number of hydrogen-bond acceptors (Lipinski definition) is 3. The standard InChI is InChI=1S/C20H22N4O3/c1-2-23-11-18(22-12-23)19(25)24-7-5-13(6-8-24)16-10-21-17-4-3-14(20(26)27)9-15(16)17/h3-4,9-13,21H,2,5-8H2,1H3,(H,26,27). The van der Waals surface area contributed by atoms with E-state index in [-0.39, 0.29) is 5.91 Å². The molecule has 0 spiro atoms. The second-order valence-corrected chi connectivity index (χ2v) is 6.97. The van der Waals surface area contributed by atoms with E-state index in [0.29, 0.717) is 30.3 Å². The Morgan fingerprint density at radius 2 is 2.07 bits per heavy atom. The Labute approximate surface area is 156 Å². The van der Waals surface area contributed by atoms with Crippen LogP contribution in [0.2, 0.25) is 0 Å². The number of imidazole rings is 1. The number of amides is 1. The summed E-state index contributed by atoms with van der Waals surface area (Å²) < 4.78 is 1.89. The summed E-state index contributed by atoms with van der Waals surface area (Å²) in [5.74, 6) is -0.635. The zero-order chi connectivity index (χ0) is 19.0. The quantitative estimate of drug-likeness (QED) is 0.742. The predicted octanol–water partition coefficient (Wildman–Crippen LogP) is 3.10. The molecule has 1 aliphatic rings. The van der Waals surface area contributed by atoms with E-state index in [0.717, 1.165) is 35.9 Å². The average Bonchev–Trinajstić information content (AvgIpc) is 3.34. The first kappa shape index (κ1) is 17.3. The highest BCUT2D eigenvalue weighted by atomic mass is 16.4. The topological polar surface area (TPSA) is 91.2 Å². The molecule has 1 aliphatic heterocycles. The minimum absolute atomic E-state index is 0.0206. The van der Waals surface area contributed by atoms with Crippen LogP contribution in [0.3, 0.4) is 0 Å². The first-order chi connectivity index (χ1) is 13.1. The number of carboxylic acid groups (broad SMARTS) is 1. The van der Waals surface area contributed by atoms with Crippen molar-refractivity contribution in [1.82, 2.24) is 19.4 Å². The maximum atomic E-state index is 12.6. The summed E-state index contributed by atoms with van der Waals surface area (Å²) in [4.78, 5) is 33.2. The van der Waals surface area contributed by atoms with E-state index < -0.39 is 5.97 Å². The van der Waals surface area contributed by atoms with Gasteiger partial charge in [-0.15, -0.1) is 0 Å². The van der Waals surface area contributed by atoms with Crippen molar-refractivity contribution in [3.05, 3.63) is 53.7 Å². The molecule has 1 fully saturated rings. The van der Waals surface area contributed by atoms with E-state index in [1.165, 1.54) is 0 Å². The zero-order valence-electron chi connectivity index (χ0n) is 15.2. The number of H-pyrrole nitrogens is 1. The number of aromatic carboxylic acids is 1. The Bertz CT molecular complexity index is 996. The number of nitrogens with one attached hydrogen (secondary N) is 1. The number of nitrogens with zero attached hydrogens (tertiary/aromatic N) is 3. The molecule has 4 rings (SSSR count). The highest BCUT2D eigenvalue weighted by Gasteiger charge is 2.27. The van der Waals surface area contributed by atoms with Crippen molar-refractivity contribution in [2.24, 2.45) is 0 Å². The summed E-state index contributed by atoms with van der Waals surface area (Å²) in [6, 6.07) is 5.16. The van der Waals surface area contributed by atoms with Crippen LogP contribution in [0.25, 0.3) is 10.9 Å². The smallest absolute Gasteiger partial charge is 0.335 e. The van der Waals surface area contributed by atoms with Crippen LogP contribution in [-0.2, 0) is 6.54 Å². The molecule has 0 radical (unpaired) electrons. The highest BCUT2D eigenvalue weighted by Crippen LogP contribution is 2.34. The number of fused-ring (bicyclic) bond motifs is 1. The number of aromatic amines is 1. The lowest BCUT2D eigenvalue weighted by Crippen LogP contribution is -2.38. The van der Waals surface area contributed by atoms with E-state index in [4.69, 9.17) is 0 Å². The van der Waals surface area contributed by atoms with E-state index in [9.17, 15) is 14.7 Å². The predicted molar refractivity (Wildman–Crippen MR) is 101 cm³/mol. The summed E-state index contributed by atoms with van der Waals surface area (Å²) in [6.45, 7) is 4.15. The third-order valence-corrected chi connectivity index (χ3v) is 5.40. The van der Waals surface area contributed by atoms with Gasteiger partial charge in [-0.25, -0.2) is 9.78 Å². The molecular weight excluding hydrogens is 344 g/mol. The molecule has 0 atom stereocenters. The number of hydrogen-bond donors (Lipinski definition) is 2. The summed E-state index contributed by atoms with van der Waals surface area (Å²) in [5.41, 5.74) is 2.87. The monoisotopic (exact) mass is 366 g/mol. The molecule has 3 heterocycles. The fraction of sp³-hybridized carbons (Fsp3) is 0.350. The minimum Gasteiger partial charge on any atom is -0.478 e. The third kappa shape index (κ3) is 3.20. The van der Waals surface area contributed by atoms with Crippen LogP contribution in [0.15, 0.2) is 36.9 Å². The molecule has 1 aromatic carbocycles. The molecule has 140 valence electrons. The molecule has 27 heavy (non-hydrogen) atoms. The van der Waals surface area contributed by atoms with Crippen LogP contribution >= 0.6 is 0 Å². The van der Waals surface area contributed by atoms with Gasteiger partial charge in [-0.3, -0.25) is 4.79 Å². The third-order valence-electron chi connectivity index (χ3n) is 5.40. The second kappa shape index (κ2) is 6.90. The van der Waals surface area contributed by atoms with Crippen LogP contribution in [0.5, 0.6) is 0 Å². The van der Waals surface area contributed by atoms with Gasteiger partial charge in [0.25, 0.3) is 5.91 Å². The summed E-state index contributed by atoms with van der Waals surface area (Å²) in [5, 5.41) is 10.2. The second-order valence-electron chi connectivity index (χ2n) is 6.97. The van der Waals surface area contributed by atoms with Crippen LogP contribution < -0.4 is 0 Å². The fourth-order valence-corrected chi connectivity index (χ4v) is 3.81. The maximum absolute atomic E-state index is 12.6. The average molecular weight is 366 g/mol. The molecule has 0 bridgehead atoms. The number of benzene rings is 1. The van der Waals surface area contributed by atoms with Crippen LogP contribution in [0, 0.1) is 0 Å². The molecular formula is C20H22N4O3. The van der Waals surface area contributed by atoms with Gasteiger partial charge in [0, 0.05) is 42.9 Å². The van der Waals surface area contributed by atoms with Crippen molar-refractivity contribution in [3.8, 4) is 0 Å². The molecule has 7 heteroatoms. The molecule has 2 N–H and O–H groups in total. The van der Waals surface area contributed by atoms with E-state index in [1.54, 1.807) is 24.7 Å². The van der Waals surface area contributed by atoms with Crippen LogP contribution in [0.4, 0.5) is 0 Å². The summed E-state index contributed by atoms with van der Waals surface area (Å²) >= 11 is 0. The number of aryl methyl sites for hydroxylation is 1. The normalized spacial score (nSPS) is 15.4. The molecule has 0 aliphatic carbocycles. The first-order valence-corrected chi connectivity index (χ1v) is 9.22. The van der Waals surface area contributed by atoms with E-state index in [1.807, 2.05) is 28.7 Å². The van der Waals surface area contributed by atoms with E-state index in [2.05, 4.69) is 9.97 Å². The molecule has 0 saturated carbocycles. The molecule has 3 aromatic rings. The van der Waals surface area contributed by atoms with Gasteiger partial charge in [0.05, 0.1) is 11.9 Å². The Hall–Kier alpha value is -3.09. The van der Waals surface area contributed by atoms with Gasteiger partial charge in [-0.1, -0.05) is 0 Å². The lowest BCUT2D eigenvalue weighted by Gasteiger charge is -2.31. The Balaban J connectivity index is 1.49. The molecule has 0 unspecified atom stereocenters. The van der Waals surface area contributed by atoms with Crippen molar-refractivity contribution >= 4 is 22.8 Å². The van der Waals surface area contributed by atoms with Crippen molar-refractivity contribution in [1.29, 1.82) is 0 Å². The largest absolute Gasteiger partial charge is 0.478 e. The lowest BCUT2D eigenvalue weighted by molar-refractivity contribution is 0.0691. The Kier molecular flexibility index (Phi) is 4.43. The highest BCUT2D eigenvalue weighted by molar-refractivity contribution is 5.95. The lowest BCUT2D eigenvalue weighted by atomic mass is 9.89. The van der Waals surface area contributed by atoms with Crippen molar-refractivity contribution < 1.29 is 14.7 Å². The number of carbonyl (C=O) groups is 2. The summed E-state index contributed by atoms with van der Waals surface area (Å²) in [7, 11) is 0. The first-order valence-electron chi connectivity index (χ1n) is 9.22. The molecule has 7 nitrogen and oxygen atoms in total. The summed E-state index contributed by atoms with van der Waals surface area (Å²) in [6.07, 6.45) is 7.16. The molecule has 1 saturated heterocycles. The van der Waals surface area contributed by atoms with Gasteiger partial charge in [0.15, 0.2) is 0 Å². The van der Waals surface area contributed by atoms with Gasteiger partial charge in [0.1, 0.15) is 5.69 Å². The van der Waals surface area contributed by atoms with Crippen LogP contribution in [0.1, 0.15) is 52.1 Å². The van der Waals surface area contributed by atoms with Crippen LogP contribution in [-0.4, -0.2) is 49.5 Å². The molecule has 2 aromatic heterocycles. The Morgan fingerprint density at radius 1 is 1.30 bits per heavy atom. The van der Waals surface area contributed by atoms with Gasteiger partial charge >= 0.3 is 5.97 Å². The SMILES string of the molecule is CCn1cnc(C(=O)N2CCC(c3c[nH]c4ccc(C(=O)O)cc34)CC2)c1. The number of carboxylic acids is 1. The zero-order valence-corrected chi connectivity index (χ0v) is 15.2. The van der Waals surface area contributed by atoms with Gasteiger partial charge in [-0.2, -0.15) is 0 Å². The van der Waals surface area contributed by atoms with Gasteiger partial charge in [-0.05, 0) is 49.4 Å². The van der Waals surface area contributed by atoms with E-state index >= 15 is 0 Å². The number of carbonyl (C=O) groups excluding carboxylic acids is 1. The number of likely N-dealkylation sites (tertiary alicyclic amines) is 1. The number of rotatable bonds is 4. The van der Waals surface area contributed by atoms with Crippen molar-refractivity contribution in [2.45, 2.75) is 32.2 Å².